The Morgan fingerprint density at radius 1 is 1.29 bits per heavy atom. The number of rotatable bonds is 4. The zero-order valence-electron chi connectivity index (χ0n) is 9.34. The molecule has 3 nitrogen and oxygen atoms in total. The molecule has 0 spiro atoms. The summed E-state index contributed by atoms with van der Waals surface area (Å²) in [6.07, 6.45) is 0. The lowest BCUT2D eigenvalue weighted by Crippen LogP contribution is -2.12. The molecule has 1 aromatic carbocycles. The van der Waals surface area contributed by atoms with Gasteiger partial charge in [-0.3, -0.25) is 0 Å². The number of nitrogens with zero attached hydrogens (tertiary/aromatic N) is 1. The number of hydrogen-bond donors (Lipinski definition) is 1. The molecule has 1 aromatic heterocycles. The van der Waals surface area contributed by atoms with Crippen molar-refractivity contribution >= 4 is 15.9 Å². The maximum absolute atomic E-state index is 13.1. The van der Waals surface area contributed by atoms with Gasteiger partial charge in [-0.25, -0.2) is 4.39 Å². The highest BCUT2D eigenvalue weighted by atomic mass is 79.9. The molecule has 0 bridgehead atoms. The van der Waals surface area contributed by atoms with Crippen molar-refractivity contribution in [3.8, 4) is 0 Å². The van der Waals surface area contributed by atoms with Crippen molar-refractivity contribution in [3.63, 3.8) is 0 Å². The summed E-state index contributed by atoms with van der Waals surface area (Å²) in [6.45, 7) is 3.03. The van der Waals surface area contributed by atoms with Crippen molar-refractivity contribution in [2.45, 2.75) is 20.0 Å². The Hall–Kier alpha value is -1.20. The molecular formula is C12H12BrFN2O. The topological polar surface area (TPSA) is 38.1 Å². The number of hydrogen-bond acceptors (Lipinski definition) is 3. The molecule has 0 saturated carbocycles. The summed E-state index contributed by atoms with van der Waals surface area (Å²) in [5, 5.41) is 6.95. The maximum Gasteiger partial charge on any atom is 0.150 e. The summed E-state index contributed by atoms with van der Waals surface area (Å²) in [5.74, 6) is 0.532. The quantitative estimate of drug-likeness (QED) is 0.942. The van der Waals surface area contributed by atoms with Gasteiger partial charge < -0.3 is 9.84 Å². The predicted octanol–water partition coefficient (Wildman–Crippen LogP) is 3.17. The fourth-order valence-electron chi connectivity index (χ4n) is 1.54. The van der Waals surface area contributed by atoms with Crippen LogP contribution in [0.5, 0.6) is 0 Å². The average Bonchev–Trinajstić information content (AvgIpc) is 2.63. The van der Waals surface area contributed by atoms with E-state index < -0.39 is 0 Å². The van der Waals surface area contributed by atoms with E-state index in [9.17, 15) is 4.39 Å². The number of nitrogens with one attached hydrogen (secondary N) is 1. The van der Waals surface area contributed by atoms with Gasteiger partial charge in [-0.05, 0) is 30.7 Å². The lowest BCUT2D eigenvalue weighted by Gasteiger charge is -2.03. The van der Waals surface area contributed by atoms with E-state index in [0.717, 1.165) is 21.5 Å². The fraction of sp³-hybridized carbons (Fsp3) is 0.250. The van der Waals surface area contributed by atoms with Crippen molar-refractivity contribution < 1.29 is 8.91 Å². The zero-order valence-corrected chi connectivity index (χ0v) is 10.9. The monoisotopic (exact) mass is 298 g/mol. The molecule has 90 valence electrons. The van der Waals surface area contributed by atoms with Gasteiger partial charge in [0.25, 0.3) is 0 Å². The SMILES string of the molecule is Cc1cc(CNCc2cc(F)cc(Br)c2)on1. The summed E-state index contributed by atoms with van der Waals surface area (Å²) in [5.41, 5.74) is 1.74. The molecule has 0 saturated heterocycles. The summed E-state index contributed by atoms with van der Waals surface area (Å²) in [6, 6.07) is 6.68. The van der Waals surface area contributed by atoms with Crippen molar-refractivity contribution in [2.24, 2.45) is 0 Å². The Bertz CT molecular complexity index is 493. The lowest BCUT2D eigenvalue weighted by molar-refractivity contribution is 0.369. The van der Waals surface area contributed by atoms with Gasteiger partial charge in [0.1, 0.15) is 5.82 Å². The predicted molar refractivity (Wildman–Crippen MR) is 65.9 cm³/mol. The lowest BCUT2D eigenvalue weighted by atomic mass is 10.2. The summed E-state index contributed by atoms with van der Waals surface area (Å²) in [7, 11) is 0. The van der Waals surface area contributed by atoms with Crippen LogP contribution in [-0.4, -0.2) is 5.16 Å². The molecule has 0 aliphatic heterocycles. The Labute approximate surface area is 107 Å². The fourth-order valence-corrected chi connectivity index (χ4v) is 2.06. The molecule has 5 heteroatoms. The van der Waals surface area contributed by atoms with E-state index in [0.29, 0.717) is 13.1 Å². The minimum absolute atomic E-state index is 0.244. The molecule has 0 aliphatic carbocycles. The normalized spacial score (nSPS) is 10.8. The number of aromatic nitrogens is 1. The molecule has 0 amide bonds. The third-order valence-corrected chi connectivity index (χ3v) is 2.69. The smallest absolute Gasteiger partial charge is 0.150 e. The van der Waals surface area contributed by atoms with Crippen LogP contribution in [0.15, 0.2) is 33.3 Å². The second kappa shape index (κ2) is 5.42. The Morgan fingerprint density at radius 3 is 2.76 bits per heavy atom. The van der Waals surface area contributed by atoms with Crippen LogP contribution < -0.4 is 5.32 Å². The molecule has 0 radical (unpaired) electrons. The van der Waals surface area contributed by atoms with Crippen LogP contribution in [0.25, 0.3) is 0 Å². The van der Waals surface area contributed by atoms with E-state index in [2.05, 4.69) is 26.4 Å². The van der Waals surface area contributed by atoms with E-state index in [1.807, 2.05) is 19.1 Å². The summed E-state index contributed by atoms with van der Waals surface area (Å²) < 4.78 is 18.9. The first-order chi connectivity index (χ1) is 8.13. The van der Waals surface area contributed by atoms with E-state index >= 15 is 0 Å². The van der Waals surface area contributed by atoms with Crippen LogP contribution in [0.3, 0.4) is 0 Å². The minimum atomic E-state index is -0.244. The maximum atomic E-state index is 13.1. The first-order valence-electron chi connectivity index (χ1n) is 5.21. The second-order valence-electron chi connectivity index (χ2n) is 3.82. The highest BCUT2D eigenvalue weighted by Crippen LogP contribution is 2.14. The molecule has 2 aromatic rings. The van der Waals surface area contributed by atoms with Crippen LogP contribution >= 0.6 is 15.9 Å². The van der Waals surface area contributed by atoms with Crippen LogP contribution in [0.1, 0.15) is 17.0 Å². The van der Waals surface area contributed by atoms with Crippen LogP contribution in [0.2, 0.25) is 0 Å². The van der Waals surface area contributed by atoms with Crippen molar-refractivity contribution in [1.82, 2.24) is 10.5 Å². The van der Waals surface area contributed by atoms with Gasteiger partial charge in [-0.15, -0.1) is 0 Å². The standard InChI is InChI=1S/C12H12BrFN2O/c1-8-2-12(17-16-8)7-15-6-9-3-10(13)5-11(14)4-9/h2-5,15H,6-7H2,1H3. The number of benzene rings is 1. The highest BCUT2D eigenvalue weighted by Gasteiger charge is 2.02. The molecule has 17 heavy (non-hydrogen) atoms. The van der Waals surface area contributed by atoms with Crippen molar-refractivity contribution in [3.05, 3.63) is 51.6 Å². The molecule has 1 heterocycles. The number of halogens is 2. The van der Waals surface area contributed by atoms with Crippen molar-refractivity contribution in [2.75, 3.05) is 0 Å². The van der Waals surface area contributed by atoms with Crippen LogP contribution in [0, 0.1) is 12.7 Å². The Morgan fingerprint density at radius 2 is 2.12 bits per heavy atom. The van der Waals surface area contributed by atoms with Gasteiger partial charge in [0, 0.05) is 17.1 Å². The van der Waals surface area contributed by atoms with Crippen LogP contribution in [-0.2, 0) is 13.1 Å². The van der Waals surface area contributed by atoms with Gasteiger partial charge in [-0.2, -0.15) is 0 Å². The largest absolute Gasteiger partial charge is 0.360 e. The Balaban J connectivity index is 1.89. The molecule has 0 atom stereocenters. The van der Waals surface area contributed by atoms with Gasteiger partial charge in [0.05, 0.1) is 12.2 Å². The molecule has 1 N–H and O–H groups in total. The van der Waals surface area contributed by atoms with Gasteiger partial charge in [0.15, 0.2) is 5.76 Å². The average molecular weight is 299 g/mol. The third kappa shape index (κ3) is 3.64. The van der Waals surface area contributed by atoms with Gasteiger partial charge in [0.2, 0.25) is 0 Å². The second-order valence-corrected chi connectivity index (χ2v) is 4.73. The minimum Gasteiger partial charge on any atom is -0.360 e. The van der Waals surface area contributed by atoms with Crippen LogP contribution in [0.4, 0.5) is 4.39 Å². The zero-order chi connectivity index (χ0) is 12.3. The summed E-state index contributed by atoms with van der Waals surface area (Å²) in [4.78, 5) is 0. The molecule has 2 rings (SSSR count). The van der Waals surface area contributed by atoms with Gasteiger partial charge in [-0.1, -0.05) is 21.1 Å². The Kier molecular flexibility index (Phi) is 3.91. The van der Waals surface area contributed by atoms with Gasteiger partial charge >= 0.3 is 0 Å². The van der Waals surface area contributed by atoms with E-state index in [1.54, 1.807) is 0 Å². The molecule has 0 unspecified atom stereocenters. The summed E-state index contributed by atoms with van der Waals surface area (Å²) >= 11 is 3.26. The van der Waals surface area contributed by atoms with E-state index in [1.165, 1.54) is 12.1 Å². The first-order valence-corrected chi connectivity index (χ1v) is 6.00. The number of aryl methyl sites for hydroxylation is 1. The first kappa shape index (κ1) is 12.3. The molecular weight excluding hydrogens is 287 g/mol. The van der Waals surface area contributed by atoms with E-state index in [-0.39, 0.29) is 5.82 Å². The molecule has 0 aliphatic rings. The third-order valence-electron chi connectivity index (χ3n) is 2.23. The highest BCUT2D eigenvalue weighted by molar-refractivity contribution is 9.10. The molecule has 0 fully saturated rings. The van der Waals surface area contributed by atoms with Crippen molar-refractivity contribution in [1.29, 1.82) is 0 Å². The van der Waals surface area contributed by atoms with E-state index in [4.69, 9.17) is 4.52 Å².